The van der Waals surface area contributed by atoms with Gasteiger partial charge >= 0.3 is 0 Å². The SMILES string of the molecule is CCCCCC=CCC(C)C(C)C. The summed E-state index contributed by atoms with van der Waals surface area (Å²) in [7, 11) is 0. The zero-order chi connectivity index (χ0) is 10.1. The van der Waals surface area contributed by atoms with Gasteiger partial charge in [0.25, 0.3) is 0 Å². The van der Waals surface area contributed by atoms with Crippen LogP contribution >= 0.6 is 0 Å². The van der Waals surface area contributed by atoms with Crippen molar-refractivity contribution in [2.45, 2.75) is 59.8 Å². The molecule has 1 atom stereocenters. The van der Waals surface area contributed by atoms with E-state index in [1.54, 1.807) is 0 Å². The summed E-state index contributed by atoms with van der Waals surface area (Å²) >= 11 is 0. The second-order valence-corrected chi connectivity index (χ2v) is 4.42. The van der Waals surface area contributed by atoms with Crippen LogP contribution in [0, 0.1) is 11.8 Å². The largest absolute Gasteiger partial charge is 0.0885 e. The van der Waals surface area contributed by atoms with E-state index < -0.39 is 0 Å². The normalized spacial score (nSPS) is 14.2. The molecule has 0 bridgehead atoms. The van der Waals surface area contributed by atoms with Crippen LogP contribution in [0.3, 0.4) is 0 Å². The molecule has 0 radical (unpaired) electrons. The number of allylic oxidation sites excluding steroid dienone is 2. The number of unbranched alkanes of at least 4 members (excludes halogenated alkanes) is 3. The molecular weight excluding hydrogens is 156 g/mol. The maximum Gasteiger partial charge on any atom is -0.0322 e. The smallest absolute Gasteiger partial charge is 0.0322 e. The molecule has 0 amide bonds. The predicted octanol–water partition coefficient (Wildman–Crippen LogP) is 4.81. The molecule has 0 aliphatic rings. The standard InChI is InChI=1S/C13H26/c1-5-6-7-8-9-10-11-13(4)12(2)3/h9-10,12-13H,5-8,11H2,1-4H3. The molecular formula is C13H26. The lowest BCUT2D eigenvalue weighted by Gasteiger charge is -2.11. The van der Waals surface area contributed by atoms with E-state index in [0.29, 0.717) is 0 Å². The Kier molecular flexibility index (Phi) is 8.18. The minimum atomic E-state index is 0.820. The van der Waals surface area contributed by atoms with Crippen LogP contribution in [-0.4, -0.2) is 0 Å². The van der Waals surface area contributed by atoms with E-state index in [4.69, 9.17) is 0 Å². The van der Waals surface area contributed by atoms with Crippen molar-refractivity contribution in [3.05, 3.63) is 12.2 Å². The van der Waals surface area contributed by atoms with Crippen molar-refractivity contribution in [3.8, 4) is 0 Å². The zero-order valence-corrected chi connectivity index (χ0v) is 9.84. The van der Waals surface area contributed by atoms with Crippen LogP contribution in [0.1, 0.15) is 59.8 Å². The fourth-order valence-electron chi connectivity index (χ4n) is 1.21. The minimum Gasteiger partial charge on any atom is -0.0885 e. The van der Waals surface area contributed by atoms with E-state index in [1.165, 1.54) is 32.1 Å². The van der Waals surface area contributed by atoms with Gasteiger partial charge in [0.15, 0.2) is 0 Å². The third kappa shape index (κ3) is 8.08. The van der Waals surface area contributed by atoms with E-state index in [0.717, 1.165) is 11.8 Å². The van der Waals surface area contributed by atoms with E-state index in [9.17, 15) is 0 Å². The van der Waals surface area contributed by atoms with Crippen LogP contribution in [-0.2, 0) is 0 Å². The highest BCUT2D eigenvalue weighted by Gasteiger charge is 2.03. The molecule has 13 heavy (non-hydrogen) atoms. The van der Waals surface area contributed by atoms with Crippen molar-refractivity contribution in [1.29, 1.82) is 0 Å². The molecule has 0 aliphatic carbocycles. The van der Waals surface area contributed by atoms with E-state index in [1.807, 2.05) is 0 Å². The van der Waals surface area contributed by atoms with E-state index >= 15 is 0 Å². The van der Waals surface area contributed by atoms with Crippen molar-refractivity contribution >= 4 is 0 Å². The number of rotatable bonds is 7. The fraction of sp³-hybridized carbons (Fsp3) is 0.846. The summed E-state index contributed by atoms with van der Waals surface area (Å²) in [6, 6.07) is 0. The second kappa shape index (κ2) is 8.34. The first-order chi connectivity index (χ1) is 6.18. The Balaban J connectivity index is 3.30. The molecule has 0 heteroatoms. The summed E-state index contributed by atoms with van der Waals surface area (Å²) in [5, 5.41) is 0. The van der Waals surface area contributed by atoms with Crippen LogP contribution < -0.4 is 0 Å². The van der Waals surface area contributed by atoms with Gasteiger partial charge in [-0.3, -0.25) is 0 Å². The topological polar surface area (TPSA) is 0 Å². The molecule has 0 aliphatic heterocycles. The maximum absolute atomic E-state index is 2.36. The van der Waals surface area contributed by atoms with E-state index in [-0.39, 0.29) is 0 Å². The molecule has 0 nitrogen and oxygen atoms in total. The Bertz CT molecular complexity index is 122. The third-order valence-electron chi connectivity index (χ3n) is 2.79. The third-order valence-corrected chi connectivity index (χ3v) is 2.79. The Morgan fingerprint density at radius 1 is 1.00 bits per heavy atom. The molecule has 0 aromatic rings. The quantitative estimate of drug-likeness (QED) is 0.392. The van der Waals surface area contributed by atoms with Crippen LogP contribution in [0.15, 0.2) is 12.2 Å². The highest BCUT2D eigenvalue weighted by atomic mass is 14.1. The maximum atomic E-state index is 2.36. The molecule has 0 aromatic carbocycles. The van der Waals surface area contributed by atoms with Gasteiger partial charge in [0.1, 0.15) is 0 Å². The molecule has 0 saturated carbocycles. The summed E-state index contributed by atoms with van der Waals surface area (Å²) in [5.74, 6) is 1.66. The zero-order valence-electron chi connectivity index (χ0n) is 9.84. The Labute approximate surface area is 84.4 Å². The molecule has 78 valence electrons. The first-order valence-corrected chi connectivity index (χ1v) is 5.83. The number of hydrogen-bond acceptors (Lipinski definition) is 0. The summed E-state index contributed by atoms with van der Waals surface area (Å²) in [5.41, 5.74) is 0. The van der Waals surface area contributed by atoms with Gasteiger partial charge in [0, 0.05) is 0 Å². The first kappa shape index (κ1) is 12.7. The first-order valence-electron chi connectivity index (χ1n) is 5.83. The molecule has 1 unspecified atom stereocenters. The van der Waals surface area contributed by atoms with Crippen LogP contribution in [0.5, 0.6) is 0 Å². The summed E-state index contributed by atoms with van der Waals surface area (Å²) in [6.45, 7) is 9.19. The molecule has 0 N–H and O–H groups in total. The van der Waals surface area contributed by atoms with Crippen molar-refractivity contribution in [2.24, 2.45) is 11.8 Å². The summed E-state index contributed by atoms with van der Waals surface area (Å²) in [4.78, 5) is 0. The average Bonchev–Trinajstić information content (AvgIpc) is 2.10. The highest BCUT2D eigenvalue weighted by molar-refractivity contribution is 4.83. The van der Waals surface area contributed by atoms with E-state index in [2.05, 4.69) is 39.8 Å². The van der Waals surface area contributed by atoms with Gasteiger partial charge in [-0.25, -0.2) is 0 Å². The lowest BCUT2D eigenvalue weighted by molar-refractivity contribution is 0.423. The molecule has 0 rings (SSSR count). The Morgan fingerprint density at radius 2 is 1.69 bits per heavy atom. The molecule has 0 heterocycles. The van der Waals surface area contributed by atoms with Gasteiger partial charge in [0.05, 0.1) is 0 Å². The lowest BCUT2D eigenvalue weighted by Crippen LogP contribution is -2.01. The Hall–Kier alpha value is -0.260. The summed E-state index contributed by atoms with van der Waals surface area (Å²) in [6.07, 6.45) is 11.3. The minimum absolute atomic E-state index is 0.820. The van der Waals surface area contributed by atoms with Gasteiger partial charge < -0.3 is 0 Å². The lowest BCUT2D eigenvalue weighted by atomic mass is 9.94. The van der Waals surface area contributed by atoms with Crippen molar-refractivity contribution in [3.63, 3.8) is 0 Å². The Morgan fingerprint density at radius 3 is 2.23 bits per heavy atom. The number of hydrogen-bond donors (Lipinski definition) is 0. The summed E-state index contributed by atoms with van der Waals surface area (Å²) < 4.78 is 0. The van der Waals surface area contributed by atoms with Crippen LogP contribution in [0.25, 0.3) is 0 Å². The van der Waals surface area contributed by atoms with Crippen molar-refractivity contribution in [1.82, 2.24) is 0 Å². The van der Waals surface area contributed by atoms with Gasteiger partial charge in [-0.1, -0.05) is 52.7 Å². The average molecular weight is 182 g/mol. The predicted molar refractivity (Wildman–Crippen MR) is 61.9 cm³/mol. The van der Waals surface area contributed by atoms with Crippen LogP contribution in [0.4, 0.5) is 0 Å². The molecule has 0 saturated heterocycles. The van der Waals surface area contributed by atoms with Crippen molar-refractivity contribution < 1.29 is 0 Å². The van der Waals surface area contributed by atoms with Gasteiger partial charge in [0.2, 0.25) is 0 Å². The highest BCUT2D eigenvalue weighted by Crippen LogP contribution is 2.14. The molecule has 0 fully saturated rings. The van der Waals surface area contributed by atoms with Gasteiger partial charge in [-0.15, -0.1) is 0 Å². The molecule has 0 spiro atoms. The van der Waals surface area contributed by atoms with Crippen LogP contribution in [0.2, 0.25) is 0 Å². The molecule has 0 aromatic heterocycles. The monoisotopic (exact) mass is 182 g/mol. The van der Waals surface area contributed by atoms with Gasteiger partial charge in [-0.2, -0.15) is 0 Å². The van der Waals surface area contributed by atoms with Gasteiger partial charge in [-0.05, 0) is 31.1 Å². The second-order valence-electron chi connectivity index (χ2n) is 4.42. The van der Waals surface area contributed by atoms with Crippen molar-refractivity contribution in [2.75, 3.05) is 0 Å². The fourth-order valence-corrected chi connectivity index (χ4v) is 1.21.